The zero-order chi connectivity index (χ0) is 23.1. The summed E-state index contributed by atoms with van der Waals surface area (Å²) < 4.78 is 52.2. The molecular weight excluding hydrogens is 426 g/mol. The molecule has 0 radical (unpaired) electrons. The molecule has 1 aliphatic carbocycles. The Kier molecular flexibility index (Phi) is 7.71. The first-order valence-electron chi connectivity index (χ1n) is 10.5. The Balaban J connectivity index is 1.69. The fourth-order valence-electron chi connectivity index (χ4n) is 3.73. The van der Waals surface area contributed by atoms with Gasteiger partial charge in [-0.3, -0.25) is 9.69 Å². The zero-order valence-corrected chi connectivity index (χ0v) is 17.4. The predicted octanol–water partition coefficient (Wildman–Crippen LogP) is 5.58. The van der Waals surface area contributed by atoms with Crippen molar-refractivity contribution in [3.63, 3.8) is 0 Å². The molecule has 5 nitrogen and oxygen atoms in total. The van der Waals surface area contributed by atoms with E-state index in [0.717, 1.165) is 44.2 Å². The van der Waals surface area contributed by atoms with Gasteiger partial charge in [-0.05, 0) is 55.3 Å². The number of urea groups is 1. The lowest BCUT2D eigenvalue weighted by Crippen LogP contribution is -2.42. The van der Waals surface area contributed by atoms with Crippen molar-refractivity contribution in [3.8, 4) is 0 Å². The van der Waals surface area contributed by atoms with Crippen molar-refractivity contribution in [1.82, 2.24) is 5.32 Å². The molecule has 0 heterocycles. The Bertz CT molecular complexity index is 926. The third-order valence-corrected chi connectivity index (χ3v) is 5.44. The predicted molar refractivity (Wildman–Crippen MR) is 114 cm³/mol. The largest absolute Gasteiger partial charge is 0.416 e. The molecule has 2 aromatic rings. The topological polar surface area (TPSA) is 61.4 Å². The van der Waals surface area contributed by atoms with Gasteiger partial charge < -0.3 is 10.6 Å². The highest BCUT2D eigenvalue weighted by Gasteiger charge is 2.30. The zero-order valence-electron chi connectivity index (χ0n) is 17.4. The highest BCUT2D eigenvalue weighted by Crippen LogP contribution is 2.31. The van der Waals surface area contributed by atoms with Crippen LogP contribution >= 0.6 is 0 Å². The molecule has 0 spiro atoms. The number of hydrogen-bond donors (Lipinski definition) is 2. The van der Waals surface area contributed by atoms with Crippen LogP contribution in [0.1, 0.15) is 37.7 Å². The monoisotopic (exact) mass is 451 g/mol. The second-order valence-corrected chi connectivity index (χ2v) is 7.76. The van der Waals surface area contributed by atoms with E-state index < -0.39 is 23.6 Å². The van der Waals surface area contributed by atoms with E-state index in [1.54, 1.807) is 0 Å². The standard InChI is InChI=1S/C23H25F4N3O2/c24-18-9-11-20(12-10-18)30(14-13-28-21(31)16-5-2-1-3-6-16)22(32)29-19-8-4-7-17(15-19)23(25,26)27/h4,7-12,15-16H,1-3,5-6,13-14H2,(H,28,31)(H,29,32). The van der Waals surface area contributed by atoms with Gasteiger partial charge in [0.15, 0.2) is 0 Å². The highest BCUT2D eigenvalue weighted by molar-refractivity contribution is 6.01. The van der Waals surface area contributed by atoms with Gasteiger partial charge in [0.25, 0.3) is 0 Å². The Morgan fingerprint density at radius 1 is 1.00 bits per heavy atom. The normalized spacial score (nSPS) is 14.6. The van der Waals surface area contributed by atoms with Crippen LogP contribution in [0.15, 0.2) is 48.5 Å². The second-order valence-electron chi connectivity index (χ2n) is 7.76. The van der Waals surface area contributed by atoms with E-state index in [2.05, 4.69) is 10.6 Å². The summed E-state index contributed by atoms with van der Waals surface area (Å²) in [6.07, 6.45) is 0.282. The number of nitrogens with one attached hydrogen (secondary N) is 2. The average Bonchev–Trinajstić information content (AvgIpc) is 2.77. The quantitative estimate of drug-likeness (QED) is 0.564. The van der Waals surface area contributed by atoms with Crippen molar-refractivity contribution in [2.24, 2.45) is 5.92 Å². The number of benzene rings is 2. The summed E-state index contributed by atoms with van der Waals surface area (Å²) in [6.45, 7) is 0.220. The van der Waals surface area contributed by atoms with Gasteiger partial charge in [0.2, 0.25) is 5.91 Å². The minimum atomic E-state index is -4.54. The van der Waals surface area contributed by atoms with Gasteiger partial charge >= 0.3 is 12.2 Å². The fraction of sp³-hybridized carbons (Fsp3) is 0.391. The van der Waals surface area contributed by atoms with E-state index in [0.29, 0.717) is 5.69 Å². The van der Waals surface area contributed by atoms with Crippen LogP contribution in [-0.4, -0.2) is 25.0 Å². The van der Waals surface area contributed by atoms with Crippen molar-refractivity contribution in [1.29, 1.82) is 0 Å². The van der Waals surface area contributed by atoms with Gasteiger partial charge in [0.1, 0.15) is 5.82 Å². The highest BCUT2D eigenvalue weighted by atomic mass is 19.4. The van der Waals surface area contributed by atoms with Gasteiger partial charge in [0.05, 0.1) is 5.56 Å². The number of hydrogen-bond acceptors (Lipinski definition) is 2. The molecule has 0 unspecified atom stereocenters. The molecule has 2 aromatic carbocycles. The summed E-state index contributed by atoms with van der Waals surface area (Å²) in [7, 11) is 0. The molecule has 1 fully saturated rings. The number of alkyl halides is 3. The minimum absolute atomic E-state index is 0.0248. The average molecular weight is 451 g/mol. The van der Waals surface area contributed by atoms with E-state index in [4.69, 9.17) is 0 Å². The number of anilines is 2. The molecule has 0 aliphatic heterocycles. The summed E-state index contributed by atoms with van der Waals surface area (Å²) in [5.41, 5.74) is -0.561. The van der Waals surface area contributed by atoms with E-state index in [1.165, 1.54) is 41.3 Å². The van der Waals surface area contributed by atoms with E-state index >= 15 is 0 Å². The van der Waals surface area contributed by atoms with Gasteiger partial charge in [0, 0.05) is 30.4 Å². The molecule has 0 bridgehead atoms. The third kappa shape index (κ3) is 6.45. The molecule has 0 aromatic heterocycles. The van der Waals surface area contributed by atoms with E-state index in [9.17, 15) is 27.2 Å². The van der Waals surface area contributed by atoms with Crippen LogP contribution in [0.4, 0.5) is 33.7 Å². The van der Waals surface area contributed by atoms with Crippen LogP contribution in [0.2, 0.25) is 0 Å². The lowest BCUT2D eigenvalue weighted by molar-refractivity contribution is -0.137. The Morgan fingerprint density at radius 2 is 1.69 bits per heavy atom. The van der Waals surface area contributed by atoms with Crippen LogP contribution in [0, 0.1) is 11.7 Å². The molecule has 0 atom stereocenters. The first kappa shape index (κ1) is 23.6. The minimum Gasteiger partial charge on any atom is -0.354 e. The molecule has 9 heteroatoms. The lowest BCUT2D eigenvalue weighted by Gasteiger charge is -2.25. The molecule has 32 heavy (non-hydrogen) atoms. The van der Waals surface area contributed by atoms with Crippen LogP contribution in [0.5, 0.6) is 0 Å². The molecular formula is C23H25F4N3O2. The van der Waals surface area contributed by atoms with Gasteiger partial charge in [-0.1, -0.05) is 25.3 Å². The summed E-state index contributed by atoms with van der Waals surface area (Å²) >= 11 is 0. The van der Waals surface area contributed by atoms with Crippen molar-refractivity contribution in [2.75, 3.05) is 23.3 Å². The summed E-state index contributed by atoms with van der Waals surface area (Å²) in [5, 5.41) is 5.28. The number of halogens is 4. The molecule has 1 saturated carbocycles. The van der Waals surface area contributed by atoms with Crippen LogP contribution in [-0.2, 0) is 11.0 Å². The first-order chi connectivity index (χ1) is 15.2. The number of amides is 3. The summed E-state index contributed by atoms with van der Waals surface area (Å²) in [4.78, 5) is 26.5. The molecule has 1 aliphatic rings. The van der Waals surface area contributed by atoms with Crippen LogP contribution in [0.3, 0.4) is 0 Å². The number of carbonyl (C=O) groups is 2. The number of rotatable bonds is 6. The summed E-state index contributed by atoms with van der Waals surface area (Å²) in [6, 6.07) is 8.75. The Labute approximate surface area is 183 Å². The molecule has 172 valence electrons. The van der Waals surface area contributed by atoms with Crippen molar-refractivity contribution in [3.05, 3.63) is 59.9 Å². The SMILES string of the molecule is O=C(NCCN(C(=O)Nc1cccc(C(F)(F)F)c1)c1ccc(F)cc1)C1CCCCC1. The Morgan fingerprint density at radius 3 is 2.34 bits per heavy atom. The van der Waals surface area contributed by atoms with Crippen molar-refractivity contribution < 1.29 is 27.2 Å². The smallest absolute Gasteiger partial charge is 0.354 e. The lowest BCUT2D eigenvalue weighted by atomic mass is 9.89. The maximum Gasteiger partial charge on any atom is 0.416 e. The number of carbonyl (C=O) groups excluding carboxylic acids is 2. The van der Waals surface area contributed by atoms with Crippen molar-refractivity contribution in [2.45, 2.75) is 38.3 Å². The van der Waals surface area contributed by atoms with Gasteiger partial charge in [-0.25, -0.2) is 9.18 Å². The van der Waals surface area contributed by atoms with E-state index in [1.807, 2.05) is 0 Å². The number of nitrogens with zero attached hydrogens (tertiary/aromatic N) is 1. The maximum atomic E-state index is 13.3. The van der Waals surface area contributed by atoms with E-state index in [-0.39, 0.29) is 30.6 Å². The third-order valence-electron chi connectivity index (χ3n) is 5.44. The van der Waals surface area contributed by atoms with Gasteiger partial charge in [-0.2, -0.15) is 13.2 Å². The first-order valence-corrected chi connectivity index (χ1v) is 10.5. The van der Waals surface area contributed by atoms with Crippen LogP contribution < -0.4 is 15.5 Å². The summed E-state index contributed by atoms with van der Waals surface area (Å²) in [5.74, 6) is -0.596. The molecule has 0 saturated heterocycles. The molecule has 2 N–H and O–H groups in total. The second kappa shape index (κ2) is 10.5. The molecule has 3 rings (SSSR count). The maximum absolute atomic E-state index is 13.3. The van der Waals surface area contributed by atoms with Crippen molar-refractivity contribution >= 4 is 23.3 Å². The van der Waals surface area contributed by atoms with Gasteiger partial charge in [-0.15, -0.1) is 0 Å². The molecule has 3 amide bonds. The Hall–Kier alpha value is -3.10. The van der Waals surface area contributed by atoms with Crippen LogP contribution in [0.25, 0.3) is 0 Å². The fourth-order valence-corrected chi connectivity index (χ4v) is 3.73.